The van der Waals surface area contributed by atoms with Gasteiger partial charge in [-0.15, -0.1) is 0 Å². The van der Waals surface area contributed by atoms with Gasteiger partial charge >= 0.3 is 18.0 Å². The van der Waals surface area contributed by atoms with Crippen molar-refractivity contribution in [3.63, 3.8) is 0 Å². The molecule has 164 valence electrons. The fourth-order valence-corrected chi connectivity index (χ4v) is 2.90. The van der Waals surface area contributed by atoms with Crippen molar-refractivity contribution >= 4 is 11.6 Å². The summed E-state index contributed by atoms with van der Waals surface area (Å²) < 4.78 is 106. The van der Waals surface area contributed by atoms with Crippen LogP contribution in [0.1, 0.15) is 32.6 Å². The van der Waals surface area contributed by atoms with Gasteiger partial charge in [0.15, 0.2) is 0 Å². The van der Waals surface area contributed by atoms with Gasteiger partial charge in [-0.3, -0.25) is 4.79 Å². The first kappa shape index (κ1) is 23.6. The third kappa shape index (κ3) is 4.11. The highest BCUT2D eigenvalue weighted by molar-refractivity contribution is 6.05. The highest BCUT2D eigenvalue weighted by Gasteiger charge is 2.73. The summed E-state index contributed by atoms with van der Waals surface area (Å²) in [5.41, 5.74) is -2.63. The average molecular weight is 440 g/mol. The summed E-state index contributed by atoms with van der Waals surface area (Å²) in [6.45, 7) is 2.20. The molecule has 0 spiro atoms. The predicted molar refractivity (Wildman–Crippen MR) is 93.1 cm³/mol. The van der Waals surface area contributed by atoms with E-state index in [1.807, 2.05) is 0 Å². The minimum absolute atomic E-state index is 0.0158. The van der Waals surface area contributed by atoms with Crippen molar-refractivity contribution in [1.82, 2.24) is 0 Å². The number of hydrogen-bond donors (Lipinski definition) is 2. The van der Waals surface area contributed by atoms with Crippen LogP contribution in [0.15, 0.2) is 30.3 Å². The topological polar surface area (TPSA) is 55.1 Å². The van der Waals surface area contributed by atoms with Crippen molar-refractivity contribution < 1.29 is 39.9 Å². The van der Waals surface area contributed by atoms with E-state index >= 15 is 0 Å². The maximum Gasteiger partial charge on any atom is 0.435 e. The Morgan fingerprint density at radius 1 is 0.933 bits per heavy atom. The first-order chi connectivity index (χ1) is 13.6. The Hall–Kier alpha value is -2.69. The Balaban J connectivity index is 2.48. The van der Waals surface area contributed by atoms with Crippen LogP contribution in [0.4, 0.5) is 40.8 Å². The fraction of sp³-hybridized carbons (Fsp3) is 0.316. The largest absolute Gasteiger partial charge is 0.435 e. The van der Waals surface area contributed by atoms with Gasteiger partial charge in [0.1, 0.15) is 5.82 Å². The van der Waals surface area contributed by atoms with Crippen molar-refractivity contribution in [3.05, 3.63) is 64.0 Å². The average Bonchev–Trinajstić information content (AvgIpc) is 2.61. The van der Waals surface area contributed by atoms with Gasteiger partial charge in [0.25, 0.3) is 5.91 Å². The summed E-state index contributed by atoms with van der Waals surface area (Å²) in [4.78, 5) is 12.3. The van der Waals surface area contributed by atoms with Crippen molar-refractivity contribution in [2.75, 3.05) is 5.32 Å². The molecular weight excluding hydrogens is 424 g/mol. The summed E-state index contributed by atoms with van der Waals surface area (Å²) in [5.74, 6) is -1.91. The third-order valence-corrected chi connectivity index (χ3v) is 4.46. The molecule has 0 saturated carbocycles. The molecule has 2 aromatic rings. The van der Waals surface area contributed by atoms with E-state index < -0.39 is 40.9 Å². The van der Waals surface area contributed by atoms with Crippen LogP contribution in [0, 0.1) is 19.7 Å². The minimum Gasteiger partial charge on any atom is -0.326 e. The van der Waals surface area contributed by atoms with Gasteiger partial charge in [0.2, 0.25) is 0 Å². The number of halogens is 8. The molecule has 0 aliphatic heterocycles. The van der Waals surface area contributed by atoms with Crippen LogP contribution in [0.2, 0.25) is 0 Å². The number of hydrogen-bond acceptors (Lipinski definition) is 2. The first-order valence-corrected chi connectivity index (χ1v) is 8.37. The number of alkyl halides is 7. The van der Waals surface area contributed by atoms with Crippen LogP contribution < -0.4 is 11.1 Å². The molecule has 0 aliphatic rings. The Bertz CT molecular complexity index is 929. The van der Waals surface area contributed by atoms with Crippen molar-refractivity contribution in [1.29, 1.82) is 0 Å². The molecule has 3 nitrogen and oxygen atoms in total. The Morgan fingerprint density at radius 3 is 1.83 bits per heavy atom. The lowest BCUT2D eigenvalue weighted by Crippen LogP contribution is -2.50. The number of nitrogens with two attached hydrogens (primary N) is 1. The molecule has 0 atom stereocenters. The van der Waals surface area contributed by atoms with E-state index in [0.717, 1.165) is 26.0 Å². The summed E-state index contributed by atoms with van der Waals surface area (Å²) in [6.07, 6.45) is -12.5. The molecule has 2 rings (SSSR count). The van der Waals surface area contributed by atoms with Gasteiger partial charge in [0.05, 0.1) is 5.56 Å². The lowest BCUT2D eigenvalue weighted by atomic mass is 9.90. The second kappa shape index (κ2) is 7.86. The maximum atomic E-state index is 14.3. The summed E-state index contributed by atoms with van der Waals surface area (Å²) >= 11 is 0. The Morgan fingerprint density at radius 2 is 1.43 bits per heavy atom. The van der Waals surface area contributed by atoms with Gasteiger partial charge in [-0.25, -0.2) is 8.78 Å². The number of aryl methyl sites for hydroxylation is 2. The molecule has 1 amide bonds. The van der Waals surface area contributed by atoms with Gasteiger partial charge in [0, 0.05) is 17.8 Å². The van der Waals surface area contributed by atoms with Gasteiger partial charge in [-0.2, -0.15) is 26.3 Å². The second-order valence-electron chi connectivity index (χ2n) is 6.61. The van der Waals surface area contributed by atoms with Crippen LogP contribution in [0.3, 0.4) is 0 Å². The molecule has 11 heteroatoms. The molecule has 0 unspecified atom stereocenters. The molecular formula is C19H16F8N2O. The van der Waals surface area contributed by atoms with E-state index in [9.17, 15) is 39.9 Å². The standard InChI is InChI=1S/C19H16F8N2O/c1-9-5-12(17(21,18(22,23)24)19(25,26)27)6-10(2)15(9)29-16(30)13-4-3-11(8-28)7-14(13)20/h3-7H,8,28H2,1-2H3,(H,29,30). The molecule has 0 fully saturated rings. The Kier molecular flexibility index (Phi) is 6.18. The number of anilines is 1. The molecule has 0 bridgehead atoms. The molecule has 0 saturated heterocycles. The van der Waals surface area contributed by atoms with E-state index in [4.69, 9.17) is 5.73 Å². The number of rotatable bonds is 4. The van der Waals surface area contributed by atoms with Gasteiger partial charge in [-0.1, -0.05) is 18.2 Å². The predicted octanol–water partition coefficient (Wildman–Crippen LogP) is 5.44. The number of carbonyl (C=O) groups is 1. The second-order valence-corrected chi connectivity index (χ2v) is 6.61. The molecule has 0 aliphatic carbocycles. The Labute approximate surface area is 165 Å². The minimum atomic E-state index is -6.26. The lowest BCUT2D eigenvalue weighted by Gasteiger charge is -2.31. The van der Waals surface area contributed by atoms with Crippen molar-refractivity contribution in [3.8, 4) is 0 Å². The fourth-order valence-electron chi connectivity index (χ4n) is 2.90. The zero-order valence-electron chi connectivity index (χ0n) is 15.6. The zero-order chi connectivity index (χ0) is 23.1. The normalized spacial score (nSPS) is 12.8. The van der Waals surface area contributed by atoms with E-state index in [0.29, 0.717) is 17.7 Å². The van der Waals surface area contributed by atoms with E-state index in [1.54, 1.807) is 0 Å². The zero-order valence-corrected chi connectivity index (χ0v) is 15.6. The third-order valence-electron chi connectivity index (χ3n) is 4.46. The molecule has 2 aromatic carbocycles. The van der Waals surface area contributed by atoms with E-state index in [-0.39, 0.29) is 23.4 Å². The van der Waals surface area contributed by atoms with Crippen LogP contribution in [0.25, 0.3) is 0 Å². The smallest absolute Gasteiger partial charge is 0.326 e. The monoisotopic (exact) mass is 440 g/mol. The molecule has 0 radical (unpaired) electrons. The van der Waals surface area contributed by atoms with Gasteiger partial charge < -0.3 is 11.1 Å². The molecule has 30 heavy (non-hydrogen) atoms. The SMILES string of the molecule is Cc1cc(C(F)(C(F)(F)F)C(F)(F)F)cc(C)c1NC(=O)c1ccc(CN)cc1F. The number of benzene rings is 2. The van der Waals surface area contributed by atoms with Crippen LogP contribution in [-0.4, -0.2) is 18.3 Å². The highest BCUT2D eigenvalue weighted by Crippen LogP contribution is 2.53. The van der Waals surface area contributed by atoms with E-state index in [2.05, 4.69) is 5.32 Å². The quantitative estimate of drug-likeness (QED) is 0.622. The van der Waals surface area contributed by atoms with E-state index in [1.165, 1.54) is 6.07 Å². The van der Waals surface area contributed by atoms with Crippen molar-refractivity contribution in [2.45, 2.75) is 38.4 Å². The maximum absolute atomic E-state index is 14.3. The molecule has 3 N–H and O–H groups in total. The number of carbonyl (C=O) groups excluding carboxylic acids is 1. The number of nitrogens with one attached hydrogen (secondary N) is 1. The number of amides is 1. The molecule has 0 heterocycles. The van der Waals surface area contributed by atoms with Crippen LogP contribution in [0.5, 0.6) is 0 Å². The summed E-state index contributed by atoms with van der Waals surface area (Å²) in [6, 6.07) is 4.22. The van der Waals surface area contributed by atoms with Crippen LogP contribution >= 0.6 is 0 Å². The molecule has 0 aromatic heterocycles. The van der Waals surface area contributed by atoms with Crippen LogP contribution in [-0.2, 0) is 12.2 Å². The lowest BCUT2D eigenvalue weighted by molar-refractivity contribution is -0.348. The summed E-state index contributed by atoms with van der Waals surface area (Å²) in [5, 5.41) is 2.23. The highest BCUT2D eigenvalue weighted by atomic mass is 19.4. The van der Waals surface area contributed by atoms with Gasteiger partial charge in [-0.05, 0) is 42.7 Å². The van der Waals surface area contributed by atoms with Crippen molar-refractivity contribution in [2.24, 2.45) is 5.73 Å². The first-order valence-electron chi connectivity index (χ1n) is 8.37. The summed E-state index contributed by atoms with van der Waals surface area (Å²) in [7, 11) is 0.